The molecule has 0 bridgehead atoms. The quantitative estimate of drug-likeness (QED) is 0.713. The third kappa shape index (κ3) is 3.76. The topological polar surface area (TPSA) is 35.9 Å². The van der Waals surface area contributed by atoms with Crippen molar-refractivity contribution in [1.29, 1.82) is 5.41 Å². The van der Waals surface area contributed by atoms with Crippen molar-refractivity contribution >= 4 is 22.5 Å². The van der Waals surface area contributed by atoms with Crippen molar-refractivity contribution in [3.63, 3.8) is 0 Å². The molecular formula is C10H11ClN2. The van der Waals surface area contributed by atoms with E-state index < -0.39 is 0 Å². The maximum Gasteiger partial charge on any atom is 0.122 e. The number of hydrogen-bond donors (Lipinski definition) is 2. The molecule has 2 nitrogen and oxygen atoms in total. The average molecular weight is 195 g/mol. The van der Waals surface area contributed by atoms with Gasteiger partial charge in [0, 0.05) is 11.4 Å². The van der Waals surface area contributed by atoms with E-state index in [2.05, 4.69) is 5.32 Å². The van der Waals surface area contributed by atoms with E-state index >= 15 is 0 Å². The Hall–Kier alpha value is -1.28. The van der Waals surface area contributed by atoms with Gasteiger partial charge in [-0.2, -0.15) is 0 Å². The van der Waals surface area contributed by atoms with Crippen LogP contribution >= 0.6 is 11.6 Å². The lowest BCUT2D eigenvalue weighted by molar-refractivity contribution is 1.38. The van der Waals surface area contributed by atoms with Gasteiger partial charge in [-0.15, -0.1) is 0 Å². The van der Waals surface area contributed by atoms with Gasteiger partial charge in [-0.1, -0.05) is 29.8 Å². The molecule has 1 aromatic carbocycles. The molecule has 0 aliphatic heterocycles. The van der Waals surface area contributed by atoms with Crippen LogP contribution in [0.2, 0.25) is 0 Å². The molecule has 0 aromatic heterocycles. The SMILES string of the molecule is C/C(=C/C(=N)Cl)Nc1ccccc1. The van der Waals surface area contributed by atoms with E-state index in [1.165, 1.54) is 0 Å². The summed E-state index contributed by atoms with van der Waals surface area (Å²) >= 11 is 5.41. The Kier molecular flexibility index (Phi) is 3.53. The van der Waals surface area contributed by atoms with Crippen LogP contribution in [0.5, 0.6) is 0 Å². The smallest absolute Gasteiger partial charge is 0.122 e. The number of rotatable bonds is 3. The van der Waals surface area contributed by atoms with Crippen molar-refractivity contribution < 1.29 is 0 Å². The molecule has 0 fully saturated rings. The highest BCUT2D eigenvalue weighted by Gasteiger charge is 1.91. The van der Waals surface area contributed by atoms with Crippen LogP contribution in [0.15, 0.2) is 42.1 Å². The highest BCUT2D eigenvalue weighted by Crippen LogP contribution is 2.08. The molecule has 0 spiro atoms. The number of para-hydroxylation sites is 1. The van der Waals surface area contributed by atoms with Crippen LogP contribution < -0.4 is 5.32 Å². The highest BCUT2D eigenvalue weighted by atomic mass is 35.5. The molecular weight excluding hydrogens is 184 g/mol. The third-order valence-electron chi connectivity index (χ3n) is 1.46. The summed E-state index contributed by atoms with van der Waals surface area (Å²) in [6, 6.07) is 9.75. The van der Waals surface area contributed by atoms with Gasteiger partial charge in [0.1, 0.15) is 5.17 Å². The largest absolute Gasteiger partial charge is 0.359 e. The van der Waals surface area contributed by atoms with Crippen molar-refractivity contribution in [3.8, 4) is 0 Å². The molecule has 0 saturated heterocycles. The van der Waals surface area contributed by atoms with Gasteiger partial charge in [0.15, 0.2) is 0 Å². The maximum atomic E-state index is 7.04. The molecule has 0 aliphatic carbocycles. The maximum absolute atomic E-state index is 7.04. The van der Waals surface area contributed by atoms with Crippen molar-refractivity contribution in [2.24, 2.45) is 0 Å². The average Bonchev–Trinajstić information content (AvgIpc) is 2.04. The molecule has 0 heterocycles. The normalized spacial score (nSPS) is 11.1. The van der Waals surface area contributed by atoms with Crippen LogP contribution in [-0.2, 0) is 0 Å². The monoisotopic (exact) mass is 194 g/mol. The molecule has 0 saturated carbocycles. The summed E-state index contributed by atoms with van der Waals surface area (Å²) in [5.41, 5.74) is 1.85. The Balaban J connectivity index is 2.65. The number of halogens is 1. The van der Waals surface area contributed by atoms with E-state index in [0.717, 1.165) is 11.4 Å². The van der Waals surface area contributed by atoms with E-state index in [0.29, 0.717) is 0 Å². The first-order chi connectivity index (χ1) is 6.18. The summed E-state index contributed by atoms with van der Waals surface area (Å²) in [6.45, 7) is 1.86. The van der Waals surface area contributed by atoms with Crippen LogP contribution in [0.4, 0.5) is 5.69 Å². The van der Waals surface area contributed by atoms with Crippen molar-refractivity contribution in [2.45, 2.75) is 6.92 Å². The molecule has 0 atom stereocenters. The van der Waals surface area contributed by atoms with E-state index in [4.69, 9.17) is 17.0 Å². The predicted octanol–water partition coefficient (Wildman–Crippen LogP) is 3.22. The number of nitrogens with one attached hydrogen (secondary N) is 2. The molecule has 0 amide bonds. The van der Waals surface area contributed by atoms with E-state index in [1.54, 1.807) is 6.08 Å². The molecule has 1 rings (SSSR count). The minimum atomic E-state index is 0.0286. The summed E-state index contributed by atoms with van der Waals surface area (Å²) in [5, 5.41) is 10.2. The third-order valence-corrected chi connectivity index (χ3v) is 1.57. The molecule has 0 radical (unpaired) electrons. The summed E-state index contributed by atoms with van der Waals surface area (Å²) in [4.78, 5) is 0. The van der Waals surface area contributed by atoms with Gasteiger partial charge in [-0.05, 0) is 25.1 Å². The van der Waals surface area contributed by atoms with E-state index in [9.17, 15) is 0 Å². The van der Waals surface area contributed by atoms with Gasteiger partial charge in [-0.25, -0.2) is 0 Å². The first-order valence-corrected chi connectivity index (χ1v) is 4.30. The van der Waals surface area contributed by atoms with E-state index in [-0.39, 0.29) is 5.17 Å². The zero-order valence-electron chi connectivity index (χ0n) is 7.34. The summed E-state index contributed by atoms with van der Waals surface area (Å²) in [5.74, 6) is 0. The molecule has 3 heteroatoms. The molecule has 68 valence electrons. The van der Waals surface area contributed by atoms with Gasteiger partial charge in [-0.3, -0.25) is 5.41 Å². The lowest BCUT2D eigenvalue weighted by atomic mass is 10.3. The second-order valence-electron chi connectivity index (χ2n) is 2.67. The van der Waals surface area contributed by atoms with Crippen molar-refractivity contribution in [3.05, 3.63) is 42.1 Å². The van der Waals surface area contributed by atoms with Gasteiger partial charge < -0.3 is 5.32 Å². The Morgan fingerprint density at radius 3 is 2.54 bits per heavy atom. The van der Waals surface area contributed by atoms with Gasteiger partial charge in [0.25, 0.3) is 0 Å². The Labute approximate surface area is 82.7 Å². The van der Waals surface area contributed by atoms with Crippen LogP contribution in [0.1, 0.15) is 6.92 Å². The van der Waals surface area contributed by atoms with Crippen molar-refractivity contribution in [2.75, 3.05) is 5.32 Å². The van der Waals surface area contributed by atoms with Crippen LogP contribution in [-0.4, -0.2) is 5.17 Å². The van der Waals surface area contributed by atoms with Gasteiger partial charge in [0.05, 0.1) is 0 Å². The summed E-state index contributed by atoms with van der Waals surface area (Å²) in [6.07, 6.45) is 1.56. The predicted molar refractivity (Wildman–Crippen MR) is 57.4 cm³/mol. The Morgan fingerprint density at radius 1 is 1.38 bits per heavy atom. The minimum Gasteiger partial charge on any atom is -0.359 e. The van der Waals surface area contributed by atoms with Crippen LogP contribution in [0, 0.1) is 5.41 Å². The van der Waals surface area contributed by atoms with Crippen LogP contribution in [0.3, 0.4) is 0 Å². The van der Waals surface area contributed by atoms with Gasteiger partial charge in [0.2, 0.25) is 0 Å². The first-order valence-electron chi connectivity index (χ1n) is 3.93. The lowest BCUT2D eigenvalue weighted by Gasteiger charge is -2.04. The van der Waals surface area contributed by atoms with Gasteiger partial charge >= 0.3 is 0 Å². The second kappa shape index (κ2) is 4.67. The first kappa shape index (κ1) is 9.81. The Morgan fingerprint density at radius 2 is 2.00 bits per heavy atom. The molecule has 1 aromatic rings. The fourth-order valence-corrected chi connectivity index (χ4v) is 1.14. The Bertz CT molecular complexity index is 317. The minimum absolute atomic E-state index is 0.0286. The van der Waals surface area contributed by atoms with Crippen LogP contribution in [0.25, 0.3) is 0 Å². The standard InChI is InChI=1S/C10H11ClN2/c1-8(7-10(11)12)13-9-5-3-2-4-6-9/h2-7,12-13H,1H3/b8-7-,12-10?. The molecule has 0 unspecified atom stereocenters. The fourth-order valence-electron chi connectivity index (χ4n) is 0.975. The second-order valence-corrected chi connectivity index (χ2v) is 3.07. The zero-order chi connectivity index (χ0) is 9.68. The fraction of sp³-hybridized carbons (Fsp3) is 0.100. The summed E-state index contributed by atoms with van der Waals surface area (Å²) < 4.78 is 0. The number of benzene rings is 1. The summed E-state index contributed by atoms with van der Waals surface area (Å²) in [7, 11) is 0. The molecule has 13 heavy (non-hydrogen) atoms. The molecule has 0 aliphatic rings. The number of hydrogen-bond acceptors (Lipinski definition) is 2. The van der Waals surface area contributed by atoms with Crippen molar-refractivity contribution in [1.82, 2.24) is 0 Å². The number of anilines is 1. The highest BCUT2D eigenvalue weighted by molar-refractivity contribution is 6.67. The lowest BCUT2D eigenvalue weighted by Crippen LogP contribution is -1.96. The zero-order valence-corrected chi connectivity index (χ0v) is 8.10. The van der Waals surface area contributed by atoms with E-state index in [1.807, 2.05) is 37.3 Å². The molecule has 2 N–H and O–H groups in total. The number of allylic oxidation sites excluding steroid dienone is 2.